The molecule has 0 radical (unpaired) electrons. The van der Waals surface area contributed by atoms with Gasteiger partial charge in [-0.1, -0.05) is 0 Å². The lowest BCUT2D eigenvalue weighted by atomic mass is 9.93. The van der Waals surface area contributed by atoms with Gasteiger partial charge >= 0.3 is 10.4 Å². The zero-order valence-corrected chi connectivity index (χ0v) is 33.5. The van der Waals surface area contributed by atoms with Crippen LogP contribution in [0.3, 0.4) is 0 Å². The fraction of sp³-hybridized carbons (Fsp3) is 0.969. The van der Waals surface area contributed by atoms with Crippen LogP contribution in [0, 0.1) is 0 Å². The van der Waals surface area contributed by atoms with Gasteiger partial charge in [0, 0.05) is 6.92 Å². The molecule has 25 atom stereocenters. The van der Waals surface area contributed by atoms with Gasteiger partial charge in [-0.15, -0.1) is 0 Å². The van der Waals surface area contributed by atoms with E-state index >= 15 is 0 Å². The number of nitrogens with one attached hydrogen (secondary N) is 1. The highest BCUT2D eigenvalue weighted by Crippen LogP contribution is 2.37. The lowest BCUT2D eigenvalue weighted by Gasteiger charge is -2.51. The van der Waals surface area contributed by atoms with E-state index in [2.05, 4.69) is 9.50 Å². The topological polar surface area (TPSA) is 459 Å². The Hall–Kier alpha value is -1.58. The third-order valence-electron chi connectivity index (χ3n) is 10.9. The molecule has 0 bridgehead atoms. The fourth-order valence-corrected chi connectivity index (χ4v) is 8.12. The summed E-state index contributed by atoms with van der Waals surface area (Å²) in [6.07, 6.45) is -46.6. The predicted molar refractivity (Wildman–Crippen MR) is 187 cm³/mol. The van der Waals surface area contributed by atoms with Crippen molar-refractivity contribution >= 4 is 16.3 Å². The molecule has 0 aliphatic carbocycles. The summed E-state index contributed by atoms with van der Waals surface area (Å²) in [5, 5.41) is 150. The highest BCUT2D eigenvalue weighted by molar-refractivity contribution is 7.80. The van der Waals surface area contributed by atoms with E-state index in [9.17, 15) is 89.3 Å². The van der Waals surface area contributed by atoms with Crippen LogP contribution in [0.15, 0.2) is 0 Å². The van der Waals surface area contributed by atoms with Crippen LogP contribution in [0.2, 0.25) is 0 Å². The molecule has 0 aromatic carbocycles. The highest BCUT2D eigenvalue weighted by Gasteiger charge is 2.58. The lowest BCUT2D eigenvalue weighted by molar-refractivity contribution is -0.390. The van der Waals surface area contributed by atoms with Gasteiger partial charge in [0.1, 0.15) is 116 Å². The Labute approximate surface area is 351 Å². The second-order valence-electron chi connectivity index (χ2n) is 15.2. The van der Waals surface area contributed by atoms with E-state index in [1.54, 1.807) is 0 Å². The highest BCUT2D eigenvalue weighted by atomic mass is 32.3. The number of aliphatic hydroxyl groups is 14. The van der Waals surface area contributed by atoms with Crippen molar-refractivity contribution in [3.63, 3.8) is 0 Å². The number of rotatable bonds is 15. The van der Waals surface area contributed by atoms with Crippen molar-refractivity contribution in [2.75, 3.05) is 26.4 Å². The van der Waals surface area contributed by atoms with E-state index in [1.807, 2.05) is 0 Å². The molecule has 5 heterocycles. The molecule has 5 aliphatic heterocycles. The smallest absolute Gasteiger partial charge is 0.394 e. The molecule has 0 spiro atoms. The third-order valence-corrected chi connectivity index (χ3v) is 11.4. The van der Waals surface area contributed by atoms with E-state index < -0.39 is 196 Å². The summed E-state index contributed by atoms with van der Waals surface area (Å²) >= 11 is 0. The van der Waals surface area contributed by atoms with Crippen LogP contribution in [0.1, 0.15) is 13.8 Å². The van der Waals surface area contributed by atoms with Crippen LogP contribution in [-0.4, -0.2) is 270 Å². The minimum atomic E-state index is -5.44. The Morgan fingerprint density at radius 2 is 0.952 bits per heavy atom. The first-order valence-corrected chi connectivity index (χ1v) is 20.5. The Balaban J connectivity index is 1.53. The molecule has 1 amide bonds. The van der Waals surface area contributed by atoms with Crippen molar-refractivity contribution in [3.8, 4) is 0 Å². The number of ether oxygens (including phenoxy) is 9. The minimum absolute atomic E-state index is 0.913. The van der Waals surface area contributed by atoms with Gasteiger partial charge in [0.25, 0.3) is 0 Å². The summed E-state index contributed by atoms with van der Waals surface area (Å²) in [6, 6.07) is -1.89. The molecule has 1 unspecified atom stereocenters. The molecule has 30 heteroatoms. The third kappa shape index (κ3) is 11.2. The van der Waals surface area contributed by atoms with Crippen molar-refractivity contribution in [1.82, 2.24) is 5.32 Å². The summed E-state index contributed by atoms with van der Waals surface area (Å²) < 4.78 is 88.4. The Kier molecular flexibility index (Phi) is 17.7. The summed E-state index contributed by atoms with van der Waals surface area (Å²) in [5.41, 5.74) is 0. The molecule has 5 fully saturated rings. The molecule has 5 aliphatic rings. The molecule has 62 heavy (non-hydrogen) atoms. The van der Waals surface area contributed by atoms with Crippen molar-refractivity contribution < 1.29 is 136 Å². The maximum Gasteiger partial charge on any atom is 0.397 e. The van der Waals surface area contributed by atoms with Crippen molar-refractivity contribution in [2.24, 2.45) is 0 Å². The molecular formula is C32H55NO28S. The number of carbonyl (C=O) groups excluding carboxylic acids is 1. The Bertz CT molecular complexity index is 1550. The van der Waals surface area contributed by atoms with E-state index in [4.69, 9.17) is 42.6 Å². The largest absolute Gasteiger partial charge is 0.397 e. The van der Waals surface area contributed by atoms with Crippen LogP contribution in [-0.2, 0) is 62.0 Å². The van der Waals surface area contributed by atoms with Gasteiger partial charge in [0.05, 0.1) is 32.5 Å². The maximum atomic E-state index is 12.8. The number of aliphatic hydroxyl groups excluding tert-OH is 14. The van der Waals surface area contributed by atoms with Gasteiger partial charge in [-0.05, 0) is 6.92 Å². The second-order valence-corrected chi connectivity index (χ2v) is 16.2. The quantitative estimate of drug-likeness (QED) is 0.0678. The molecule has 5 rings (SSSR count). The van der Waals surface area contributed by atoms with Crippen LogP contribution in [0.5, 0.6) is 0 Å². The first-order chi connectivity index (χ1) is 29.1. The number of amides is 1. The normalized spacial score (nSPS) is 49.3. The van der Waals surface area contributed by atoms with Crippen molar-refractivity contribution in [2.45, 2.75) is 167 Å². The van der Waals surface area contributed by atoms with Crippen molar-refractivity contribution in [1.29, 1.82) is 0 Å². The molecular weight excluding hydrogens is 878 g/mol. The zero-order valence-electron chi connectivity index (χ0n) is 32.7. The summed E-state index contributed by atoms with van der Waals surface area (Å²) in [6.45, 7) is -1.86. The molecule has 29 nitrogen and oxygen atoms in total. The van der Waals surface area contributed by atoms with Crippen molar-refractivity contribution in [3.05, 3.63) is 0 Å². The fourth-order valence-electron chi connectivity index (χ4n) is 7.61. The molecule has 362 valence electrons. The van der Waals surface area contributed by atoms with Gasteiger partial charge in [-0.25, -0.2) is 4.18 Å². The number of hydrogen-bond acceptors (Lipinski definition) is 27. The SMILES string of the molecule is CC(=O)N[C@H]1[C@H](O[C@H]2[C@@H](O)[C@@H](CO)O[C@@H](O[C@H]3[C@H](O)[C@@H](O)C(O)O[C@@H]3CO)[C@@H]2O)O[C@H](CO)[C@@H](O[C@@H]2O[C@@H](C)[C@@H](O)[C@@H](O)[C@@H]2O)[C@@H]1O[C@@H]1O[C@H](CO)[C@H](O)[C@H](OS(=O)(=O)O)[C@H]1O. The molecule has 16 N–H and O–H groups in total. The minimum Gasteiger partial charge on any atom is -0.394 e. The summed E-state index contributed by atoms with van der Waals surface area (Å²) in [7, 11) is -5.44. The van der Waals surface area contributed by atoms with E-state index in [-0.39, 0.29) is 0 Å². The van der Waals surface area contributed by atoms with E-state index in [0.29, 0.717) is 0 Å². The van der Waals surface area contributed by atoms with Crippen LogP contribution in [0.25, 0.3) is 0 Å². The molecule has 0 saturated carbocycles. The van der Waals surface area contributed by atoms with Gasteiger partial charge < -0.3 is 119 Å². The van der Waals surface area contributed by atoms with Crippen LogP contribution >= 0.6 is 0 Å². The van der Waals surface area contributed by atoms with Gasteiger partial charge in [-0.2, -0.15) is 8.42 Å². The average molecular weight is 934 g/mol. The zero-order chi connectivity index (χ0) is 46.1. The summed E-state index contributed by atoms with van der Waals surface area (Å²) in [4.78, 5) is 12.8. The monoisotopic (exact) mass is 933 g/mol. The van der Waals surface area contributed by atoms with E-state index in [1.165, 1.54) is 6.92 Å². The van der Waals surface area contributed by atoms with Crippen LogP contribution in [0.4, 0.5) is 0 Å². The lowest BCUT2D eigenvalue weighted by Crippen LogP contribution is -2.71. The average Bonchev–Trinajstić information content (AvgIpc) is 3.21. The van der Waals surface area contributed by atoms with Gasteiger partial charge in [-0.3, -0.25) is 9.35 Å². The first kappa shape index (κ1) is 51.4. The summed E-state index contributed by atoms with van der Waals surface area (Å²) in [5.74, 6) is -0.922. The maximum absolute atomic E-state index is 12.8. The Morgan fingerprint density at radius 3 is 1.48 bits per heavy atom. The predicted octanol–water partition coefficient (Wildman–Crippen LogP) is -10.9. The first-order valence-electron chi connectivity index (χ1n) is 19.1. The van der Waals surface area contributed by atoms with Crippen LogP contribution < -0.4 is 5.32 Å². The second kappa shape index (κ2) is 21.4. The number of carbonyl (C=O) groups is 1. The molecule has 5 saturated heterocycles. The Morgan fingerprint density at radius 1 is 0.500 bits per heavy atom. The standard InChI is InChI=1S/C32H55NO28S/c1-7-14(39)17(42)20(45)30(52-7)58-24-12(6-37)56-29(13(33-8(2)38)25(24)59-32-22(47)27(61-62(49,50)51)16(41)10(4-35)55-32)60-26-15(40)9(3-34)54-31(21(26)46)57-23-11(5-36)53-28(48)19(44)18(23)43/h7,9-32,34-37,39-48H,3-6H2,1-2H3,(H,33,38)(H,49,50,51)/t7-,9+,10+,11+,12+,13+,14+,15-,16-,17+,18+,19+,20-,21+,22+,23+,24+,25+,26-,27-,28?,29-,30-,31-,32-/m0/s1. The van der Waals surface area contributed by atoms with Gasteiger partial charge in [0.15, 0.2) is 31.5 Å². The van der Waals surface area contributed by atoms with Gasteiger partial charge in [0.2, 0.25) is 5.91 Å². The van der Waals surface area contributed by atoms with E-state index in [0.717, 1.165) is 6.92 Å². The molecule has 0 aromatic rings. The molecule has 0 aromatic heterocycles. The number of hydrogen-bond donors (Lipinski definition) is 16.